The van der Waals surface area contributed by atoms with Crippen LogP contribution in [0.3, 0.4) is 0 Å². The minimum absolute atomic E-state index is 0.276. The summed E-state index contributed by atoms with van der Waals surface area (Å²) < 4.78 is 5.36. The maximum atomic E-state index is 6.04. The minimum Gasteiger partial charge on any atom is -0.496 e. The van der Waals surface area contributed by atoms with E-state index in [0.29, 0.717) is 0 Å². The quantitative estimate of drug-likeness (QED) is 0.874. The number of ether oxygens (including phenoxy) is 1. The van der Waals surface area contributed by atoms with Crippen LogP contribution in [0.25, 0.3) is 0 Å². The molecule has 0 unspecified atom stereocenters. The molecule has 0 saturated heterocycles. The summed E-state index contributed by atoms with van der Waals surface area (Å²) in [6.45, 7) is 4.99. The molecular formula is C17H20ClNO. The van der Waals surface area contributed by atoms with Crippen molar-refractivity contribution in [3.05, 3.63) is 64.2 Å². The SMILES string of the molecule is COc1ccc(Cl)cc1CN[C@@H](C)c1cccc(C)c1. The molecular weight excluding hydrogens is 270 g/mol. The van der Waals surface area contributed by atoms with Gasteiger partial charge in [-0.2, -0.15) is 0 Å². The van der Waals surface area contributed by atoms with Crippen LogP contribution in [0.5, 0.6) is 5.75 Å². The van der Waals surface area contributed by atoms with Crippen molar-refractivity contribution >= 4 is 11.6 Å². The molecule has 0 fully saturated rings. The molecule has 0 amide bonds. The molecule has 0 radical (unpaired) electrons. The Hall–Kier alpha value is -1.51. The van der Waals surface area contributed by atoms with Gasteiger partial charge < -0.3 is 10.1 Å². The van der Waals surface area contributed by atoms with Crippen molar-refractivity contribution in [2.45, 2.75) is 26.4 Å². The highest BCUT2D eigenvalue weighted by molar-refractivity contribution is 6.30. The van der Waals surface area contributed by atoms with Crippen LogP contribution >= 0.6 is 11.6 Å². The molecule has 3 heteroatoms. The van der Waals surface area contributed by atoms with E-state index in [-0.39, 0.29) is 6.04 Å². The van der Waals surface area contributed by atoms with E-state index in [9.17, 15) is 0 Å². The third kappa shape index (κ3) is 3.75. The van der Waals surface area contributed by atoms with Crippen LogP contribution in [-0.4, -0.2) is 7.11 Å². The van der Waals surface area contributed by atoms with E-state index in [0.717, 1.165) is 22.9 Å². The van der Waals surface area contributed by atoms with Crippen LogP contribution in [0, 0.1) is 6.92 Å². The summed E-state index contributed by atoms with van der Waals surface area (Å²) in [6, 6.07) is 14.5. The Balaban J connectivity index is 2.06. The van der Waals surface area contributed by atoms with Crippen molar-refractivity contribution in [3.63, 3.8) is 0 Å². The predicted molar refractivity (Wildman–Crippen MR) is 84.4 cm³/mol. The molecule has 2 aromatic rings. The summed E-state index contributed by atoms with van der Waals surface area (Å²) in [5.74, 6) is 0.860. The Morgan fingerprint density at radius 3 is 2.70 bits per heavy atom. The van der Waals surface area contributed by atoms with Gasteiger partial charge in [0.1, 0.15) is 5.75 Å². The molecule has 0 heterocycles. The van der Waals surface area contributed by atoms with Gasteiger partial charge in [-0.05, 0) is 37.6 Å². The zero-order chi connectivity index (χ0) is 14.5. The molecule has 0 aliphatic carbocycles. The first-order chi connectivity index (χ1) is 9.60. The van der Waals surface area contributed by atoms with E-state index < -0.39 is 0 Å². The Bertz CT molecular complexity index is 583. The first-order valence-corrected chi connectivity index (χ1v) is 7.10. The first-order valence-electron chi connectivity index (χ1n) is 6.72. The van der Waals surface area contributed by atoms with Crippen molar-refractivity contribution in [1.29, 1.82) is 0 Å². The van der Waals surface area contributed by atoms with Gasteiger partial charge in [0.05, 0.1) is 7.11 Å². The van der Waals surface area contributed by atoms with Crippen molar-refractivity contribution in [2.75, 3.05) is 7.11 Å². The number of rotatable bonds is 5. The number of hydrogen-bond acceptors (Lipinski definition) is 2. The molecule has 2 nitrogen and oxygen atoms in total. The zero-order valence-corrected chi connectivity index (χ0v) is 12.9. The number of benzene rings is 2. The van der Waals surface area contributed by atoms with Crippen molar-refractivity contribution in [1.82, 2.24) is 5.32 Å². The van der Waals surface area contributed by atoms with E-state index in [2.05, 4.69) is 43.4 Å². The van der Waals surface area contributed by atoms with Gasteiger partial charge in [0.2, 0.25) is 0 Å². The smallest absolute Gasteiger partial charge is 0.123 e. The first kappa shape index (κ1) is 14.9. The highest BCUT2D eigenvalue weighted by atomic mass is 35.5. The second-order valence-electron chi connectivity index (χ2n) is 4.97. The van der Waals surface area contributed by atoms with Crippen LogP contribution in [0.1, 0.15) is 29.7 Å². The van der Waals surface area contributed by atoms with E-state index >= 15 is 0 Å². The van der Waals surface area contributed by atoms with Gasteiger partial charge in [-0.1, -0.05) is 41.4 Å². The highest BCUT2D eigenvalue weighted by Gasteiger charge is 2.08. The lowest BCUT2D eigenvalue weighted by atomic mass is 10.1. The fourth-order valence-corrected chi connectivity index (χ4v) is 2.40. The van der Waals surface area contributed by atoms with Crippen LogP contribution in [0.2, 0.25) is 5.02 Å². The van der Waals surface area contributed by atoms with E-state index in [1.807, 2.05) is 18.2 Å². The summed E-state index contributed by atoms with van der Waals surface area (Å²) in [5.41, 5.74) is 3.63. The van der Waals surface area contributed by atoms with Gasteiger partial charge in [-0.25, -0.2) is 0 Å². The Morgan fingerprint density at radius 2 is 2.00 bits per heavy atom. The van der Waals surface area contributed by atoms with Crippen LogP contribution in [0.4, 0.5) is 0 Å². The topological polar surface area (TPSA) is 21.3 Å². The second-order valence-corrected chi connectivity index (χ2v) is 5.41. The van der Waals surface area contributed by atoms with Gasteiger partial charge >= 0.3 is 0 Å². The molecule has 20 heavy (non-hydrogen) atoms. The standard InChI is InChI=1S/C17H20ClNO/c1-12-5-4-6-14(9-12)13(2)19-11-15-10-16(18)7-8-17(15)20-3/h4-10,13,19H,11H2,1-3H3/t13-/m0/s1. The summed E-state index contributed by atoms with van der Waals surface area (Å²) in [6.07, 6.45) is 0. The normalized spacial score (nSPS) is 12.2. The van der Waals surface area contributed by atoms with E-state index in [1.165, 1.54) is 11.1 Å². The Morgan fingerprint density at radius 1 is 1.20 bits per heavy atom. The fraction of sp³-hybridized carbons (Fsp3) is 0.294. The molecule has 0 saturated carbocycles. The molecule has 0 bridgehead atoms. The average molecular weight is 290 g/mol. The molecule has 0 aromatic heterocycles. The van der Waals surface area contributed by atoms with Crippen LogP contribution < -0.4 is 10.1 Å². The summed E-state index contributed by atoms with van der Waals surface area (Å²) in [7, 11) is 1.68. The molecule has 2 aromatic carbocycles. The van der Waals surface area contributed by atoms with Gasteiger partial charge in [0.25, 0.3) is 0 Å². The maximum absolute atomic E-state index is 6.04. The second kappa shape index (κ2) is 6.78. The molecule has 0 spiro atoms. The Labute approximate surface area is 125 Å². The lowest BCUT2D eigenvalue weighted by Crippen LogP contribution is -2.18. The van der Waals surface area contributed by atoms with E-state index in [4.69, 9.17) is 16.3 Å². The lowest BCUT2D eigenvalue weighted by molar-refractivity contribution is 0.406. The average Bonchev–Trinajstić information content (AvgIpc) is 2.45. The Kier molecular flexibility index (Phi) is 5.05. The summed E-state index contributed by atoms with van der Waals surface area (Å²) in [4.78, 5) is 0. The molecule has 2 rings (SSSR count). The number of halogens is 1. The highest BCUT2D eigenvalue weighted by Crippen LogP contribution is 2.23. The summed E-state index contributed by atoms with van der Waals surface area (Å²) >= 11 is 6.04. The lowest BCUT2D eigenvalue weighted by Gasteiger charge is -2.16. The molecule has 106 valence electrons. The number of methoxy groups -OCH3 is 1. The van der Waals surface area contributed by atoms with Crippen molar-refractivity contribution < 1.29 is 4.74 Å². The van der Waals surface area contributed by atoms with Crippen LogP contribution in [-0.2, 0) is 6.54 Å². The van der Waals surface area contributed by atoms with Gasteiger partial charge in [-0.15, -0.1) is 0 Å². The third-order valence-electron chi connectivity index (χ3n) is 3.38. The van der Waals surface area contributed by atoms with Crippen LogP contribution in [0.15, 0.2) is 42.5 Å². The molecule has 0 aliphatic heterocycles. The molecule has 0 aliphatic rings. The molecule has 1 atom stereocenters. The van der Waals surface area contributed by atoms with Gasteiger partial charge in [-0.3, -0.25) is 0 Å². The summed E-state index contributed by atoms with van der Waals surface area (Å²) in [5, 5.41) is 4.23. The number of hydrogen-bond donors (Lipinski definition) is 1. The molecule has 1 N–H and O–H groups in total. The largest absolute Gasteiger partial charge is 0.496 e. The van der Waals surface area contributed by atoms with Gasteiger partial charge in [0.15, 0.2) is 0 Å². The van der Waals surface area contributed by atoms with Crippen molar-refractivity contribution in [2.24, 2.45) is 0 Å². The third-order valence-corrected chi connectivity index (χ3v) is 3.62. The monoisotopic (exact) mass is 289 g/mol. The minimum atomic E-state index is 0.276. The fourth-order valence-electron chi connectivity index (χ4n) is 2.21. The number of nitrogens with one attached hydrogen (secondary N) is 1. The number of aryl methyl sites for hydroxylation is 1. The van der Waals surface area contributed by atoms with Crippen molar-refractivity contribution in [3.8, 4) is 5.75 Å². The van der Waals surface area contributed by atoms with Gasteiger partial charge in [0, 0.05) is 23.2 Å². The predicted octanol–water partition coefficient (Wildman–Crippen LogP) is 4.51. The van der Waals surface area contributed by atoms with E-state index in [1.54, 1.807) is 7.11 Å². The zero-order valence-electron chi connectivity index (χ0n) is 12.1. The maximum Gasteiger partial charge on any atom is 0.123 e.